The fourth-order valence-corrected chi connectivity index (χ4v) is 4.73. The molecule has 10 nitrogen and oxygen atoms in total. The Bertz CT molecular complexity index is 1320. The van der Waals surface area contributed by atoms with Crippen molar-refractivity contribution in [1.29, 1.82) is 5.26 Å². The lowest BCUT2D eigenvalue weighted by Gasteiger charge is -2.45. The van der Waals surface area contributed by atoms with E-state index in [1.807, 2.05) is 48.7 Å². The molecule has 1 spiro atoms. The summed E-state index contributed by atoms with van der Waals surface area (Å²) in [5, 5.41) is 13.0. The van der Waals surface area contributed by atoms with E-state index in [0.29, 0.717) is 49.1 Å². The summed E-state index contributed by atoms with van der Waals surface area (Å²) in [4.78, 5) is 30.6. The van der Waals surface area contributed by atoms with Gasteiger partial charge < -0.3 is 24.4 Å². The Hall–Kier alpha value is -3.97. The Kier molecular flexibility index (Phi) is 5.21. The quantitative estimate of drug-likeness (QED) is 0.635. The molecule has 0 radical (unpaired) electrons. The van der Waals surface area contributed by atoms with Crippen LogP contribution in [-0.2, 0) is 16.0 Å². The first-order valence-corrected chi connectivity index (χ1v) is 11.2. The normalized spacial score (nSPS) is 19.4. The zero-order valence-electron chi connectivity index (χ0n) is 19.7. The zero-order valence-corrected chi connectivity index (χ0v) is 19.7. The molecule has 2 aromatic heterocycles. The molecule has 1 N–H and O–H groups in total. The van der Waals surface area contributed by atoms with E-state index in [-0.39, 0.29) is 5.91 Å². The molecular weight excluding hydrogens is 432 g/mol. The highest BCUT2D eigenvalue weighted by molar-refractivity contribution is 6.08. The van der Waals surface area contributed by atoms with Gasteiger partial charge in [0, 0.05) is 39.0 Å². The highest BCUT2D eigenvalue weighted by Gasteiger charge is 2.52. The summed E-state index contributed by atoms with van der Waals surface area (Å²) >= 11 is 0. The number of hydrogen-bond acceptors (Lipinski definition) is 8. The third-order valence-electron chi connectivity index (χ3n) is 6.63. The van der Waals surface area contributed by atoms with Gasteiger partial charge in [-0.15, -0.1) is 0 Å². The van der Waals surface area contributed by atoms with E-state index in [1.165, 1.54) is 0 Å². The largest absolute Gasteiger partial charge is 0.378 e. The number of carbonyl (C=O) groups is 1. The van der Waals surface area contributed by atoms with Gasteiger partial charge in [0.15, 0.2) is 5.82 Å². The number of fused-ring (bicyclic) bond motifs is 1. The highest BCUT2D eigenvalue weighted by atomic mass is 16.5. The number of aryl methyl sites for hydroxylation is 2. The Morgan fingerprint density at radius 2 is 2.12 bits per heavy atom. The second-order valence-corrected chi connectivity index (χ2v) is 8.67. The van der Waals surface area contributed by atoms with E-state index in [0.717, 1.165) is 22.8 Å². The van der Waals surface area contributed by atoms with Crippen molar-refractivity contribution in [1.82, 2.24) is 19.5 Å². The van der Waals surface area contributed by atoms with Crippen LogP contribution in [0.2, 0.25) is 0 Å². The summed E-state index contributed by atoms with van der Waals surface area (Å²) in [7, 11) is 3.67. The SMILES string of the molecule is CCc1nc(Nc2ccc(-n3cnc(C)c3)c(C#N)c2)nc2c1N(C)C(=O)C1(CCOC1)N2C. The summed E-state index contributed by atoms with van der Waals surface area (Å²) in [6, 6.07) is 7.77. The highest BCUT2D eigenvalue weighted by Crippen LogP contribution is 2.43. The molecule has 10 heteroatoms. The van der Waals surface area contributed by atoms with Crippen LogP contribution >= 0.6 is 0 Å². The van der Waals surface area contributed by atoms with Crippen LogP contribution in [0.5, 0.6) is 0 Å². The lowest BCUT2D eigenvalue weighted by atomic mass is 9.91. The van der Waals surface area contributed by atoms with Gasteiger partial charge in [0.2, 0.25) is 5.95 Å². The van der Waals surface area contributed by atoms with Crippen LogP contribution in [0.3, 0.4) is 0 Å². The van der Waals surface area contributed by atoms with Gasteiger partial charge in [-0.2, -0.15) is 10.2 Å². The van der Waals surface area contributed by atoms with Crippen molar-refractivity contribution < 1.29 is 9.53 Å². The molecule has 3 aromatic rings. The van der Waals surface area contributed by atoms with Crippen molar-refractivity contribution in [2.24, 2.45) is 0 Å². The van der Waals surface area contributed by atoms with Crippen LogP contribution < -0.4 is 15.1 Å². The number of carbonyl (C=O) groups excluding carboxylic acids is 1. The number of benzene rings is 1. The van der Waals surface area contributed by atoms with Crippen LogP contribution in [0.15, 0.2) is 30.7 Å². The lowest BCUT2D eigenvalue weighted by molar-refractivity contribution is -0.123. The Balaban J connectivity index is 1.53. The van der Waals surface area contributed by atoms with Gasteiger partial charge in [0.05, 0.1) is 35.6 Å². The molecule has 5 rings (SSSR count). The second kappa shape index (κ2) is 8.11. The minimum absolute atomic E-state index is 0.00278. The number of nitrogens with one attached hydrogen (secondary N) is 1. The number of aromatic nitrogens is 4. The van der Waals surface area contributed by atoms with Gasteiger partial charge in [-0.25, -0.2) is 9.97 Å². The average molecular weight is 459 g/mol. The van der Waals surface area contributed by atoms with Crippen molar-refractivity contribution in [2.45, 2.75) is 32.2 Å². The molecule has 1 saturated heterocycles. The standard InChI is InChI=1S/C24H26N8O2/c1-5-18-20-21(31(4)24(8-9-34-13-24)22(33)30(20)3)29-23(28-18)27-17-6-7-19(16(10-17)11-25)32-12-15(2)26-14-32/h6-7,10,12,14H,5,8-9,13H2,1-4H3,(H,27,28,29). The van der Waals surface area contributed by atoms with Gasteiger partial charge in [-0.3, -0.25) is 4.79 Å². The third-order valence-corrected chi connectivity index (χ3v) is 6.63. The molecule has 4 heterocycles. The maximum Gasteiger partial charge on any atom is 0.255 e. The van der Waals surface area contributed by atoms with Crippen molar-refractivity contribution in [2.75, 3.05) is 42.4 Å². The summed E-state index contributed by atoms with van der Waals surface area (Å²) in [5.74, 6) is 1.10. The Morgan fingerprint density at radius 3 is 2.76 bits per heavy atom. The van der Waals surface area contributed by atoms with Gasteiger partial charge in [0.1, 0.15) is 17.3 Å². The molecule has 2 aliphatic heterocycles. The molecule has 1 aromatic carbocycles. The monoisotopic (exact) mass is 458 g/mol. The summed E-state index contributed by atoms with van der Waals surface area (Å²) in [6.45, 7) is 4.78. The van der Waals surface area contributed by atoms with Gasteiger partial charge in [-0.05, 0) is 31.5 Å². The lowest BCUT2D eigenvalue weighted by Crippen LogP contribution is -2.62. The number of hydrogen-bond donors (Lipinski definition) is 1. The molecule has 174 valence electrons. The Labute approximate surface area is 197 Å². The number of imidazole rings is 1. The topological polar surface area (TPSA) is 112 Å². The number of likely N-dealkylation sites (N-methyl/N-ethyl adjacent to an activating group) is 2. The number of nitrogens with zero attached hydrogens (tertiary/aromatic N) is 7. The van der Waals surface area contributed by atoms with E-state index in [1.54, 1.807) is 24.3 Å². The predicted molar refractivity (Wildman–Crippen MR) is 128 cm³/mol. The number of rotatable bonds is 4. The molecule has 1 amide bonds. The van der Waals surface area contributed by atoms with E-state index in [2.05, 4.69) is 16.4 Å². The van der Waals surface area contributed by atoms with Crippen LogP contribution in [0.25, 0.3) is 5.69 Å². The summed E-state index contributed by atoms with van der Waals surface area (Å²) < 4.78 is 7.44. The van der Waals surface area contributed by atoms with E-state index in [4.69, 9.17) is 14.7 Å². The molecule has 2 aliphatic rings. The van der Waals surface area contributed by atoms with Gasteiger partial charge in [-0.1, -0.05) is 6.92 Å². The maximum absolute atomic E-state index is 13.3. The molecule has 0 aliphatic carbocycles. The fraction of sp³-hybridized carbons (Fsp3) is 0.375. The number of amides is 1. The van der Waals surface area contributed by atoms with Crippen LogP contribution in [-0.4, -0.2) is 58.3 Å². The average Bonchev–Trinajstić information content (AvgIpc) is 3.51. The van der Waals surface area contributed by atoms with Crippen LogP contribution in [0.1, 0.15) is 30.3 Å². The number of nitriles is 1. The Morgan fingerprint density at radius 1 is 1.29 bits per heavy atom. The first-order valence-electron chi connectivity index (χ1n) is 11.2. The van der Waals surface area contributed by atoms with Crippen molar-refractivity contribution in [3.05, 3.63) is 47.7 Å². The molecule has 34 heavy (non-hydrogen) atoms. The smallest absolute Gasteiger partial charge is 0.255 e. The van der Waals surface area contributed by atoms with Crippen molar-refractivity contribution in [3.8, 4) is 11.8 Å². The molecule has 0 bridgehead atoms. The number of ether oxygens (including phenoxy) is 1. The predicted octanol–water partition coefficient (Wildman–Crippen LogP) is 2.72. The summed E-state index contributed by atoms with van der Waals surface area (Å²) in [6.07, 6.45) is 4.81. The van der Waals surface area contributed by atoms with E-state index < -0.39 is 5.54 Å². The van der Waals surface area contributed by atoms with E-state index >= 15 is 0 Å². The maximum atomic E-state index is 13.3. The molecule has 1 fully saturated rings. The molecule has 0 saturated carbocycles. The first kappa shape index (κ1) is 21.9. The van der Waals surface area contributed by atoms with Crippen LogP contribution in [0.4, 0.5) is 23.1 Å². The third kappa shape index (κ3) is 3.28. The van der Waals surface area contributed by atoms with Crippen LogP contribution in [0, 0.1) is 18.3 Å². The fourth-order valence-electron chi connectivity index (χ4n) is 4.73. The van der Waals surface area contributed by atoms with Gasteiger partial charge >= 0.3 is 0 Å². The minimum Gasteiger partial charge on any atom is -0.378 e. The van der Waals surface area contributed by atoms with Crippen molar-refractivity contribution >= 4 is 29.0 Å². The zero-order chi connectivity index (χ0) is 24.0. The molecular formula is C24H26N8O2. The second-order valence-electron chi connectivity index (χ2n) is 8.67. The summed E-state index contributed by atoms with van der Waals surface area (Å²) in [5.41, 5.74) is 3.56. The molecule has 1 unspecified atom stereocenters. The van der Waals surface area contributed by atoms with Gasteiger partial charge in [0.25, 0.3) is 5.91 Å². The minimum atomic E-state index is -0.753. The number of anilines is 4. The van der Waals surface area contributed by atoms with E-state index in [9.17, 15) is 10.1 Å². The first-order chi connectivity index (χ1) is 16.4. The molecule has 1 atom stereocenters. The van der Waals surface area contributed by atoms with Crippen molar-refractivity contribution in [3.63, 3.8) is 0 Å².